The van der Waals surface area contributed by atoms with Gasteiger partial charge in [0.15, 0.2) is 0 Å². The molecule has 162 valence electrons. The van der Waals surface area contributed by atoms with Crippen molar-refractivity contribution >= 4 is 28.9 Å². The Kier molecular flexibility index (Phi) is 6.65. The zero-order valence-corrected chi connectivity index (χ0v) is 18.6. The number of benzene rings is 1. The maximum atomic E-state index is 12.9. The largest absolute Gasteiger partial charge is 0.362 e. The van der Waals surface area contributed by atoms with Crippen molar-refractivity contribution in [1.82, 2.24) is 14.7 Å². The number of aromatic nitrogens is 2. The number of hydrogen-bond donors (Lipinski definition) is 0. The minimum Gasteiger partial charge on any atom is -0.362 e. The third-order valence-corrected chi connectivity index (χ3v) is 5.74. The highest BCUT2D eigenvalue weighted by atomic mass is 35.5. The van der Waals surface area contributed by atoms with Crippen LogP contribution in [0.25, 0.3) is 0 Å². The first-order valence-electron chi connectivity index (χ1n) is 10.2. The molecule has 1 aliphatic rings. The summed E-state index contributed by atoms with van der Waals surface area (Å²) in [6.45, 7) is 11.2. The van der Waals surface area contributed by atoms with Gasteiger partial charge in [-0.05, 0) is 31.9 Å². The second-order valence-electron chi connectivity index (χ2n) is 8.16. The zero-order chi connectivity index (χ0) is 22.0. The Morgan fingerprint density at radius 1 is 1.23 bits per heavy atom. The first-order valence-corrected chi connectivity index (χ1v) is 10.5. The SMILES string of the molecule is Cc1nn(CC(C)C)c(C)c1CC(=O)N1CCN(c2ccc(Cl)cc2[N+](=O)[O-])CC1. The van der Waals surface area contributed by atoms with Crippen LogP contribution in [0.1, 0.15) is 30.8 Å². The number of rotatable bonds is 6. The van der Waals surface area contributed by atoms with Crippen LogP contribution in [-0.4, -0.2) is 51.7 Å². The molecule has 1 fully saturated rings. The molecule has 0 N–H and O–H groups in total. The van der Waals surface area contributed by atoms with Crippen LogP contribution in [0, 0.1) is 29.9 Å². The van der Waals surface area contributed by atoms with Crippen molar-refractivity contribution in [3.05, 3.63) is 50.3 Å². The molecule has 1 aromatic heterocycles. The smallest absolute Gasteiger partial charge is 0.294 e. The van der Waals surface area contributed by atoms with E-state index in [-0.39, 0.29) is 11.6 Å². The lowest BCUT2D eigenvalue weighted by Crippen LogP contribution is -2.49. The number of nitro benzene ring substituents is 1. The van der Waals surface area contributed by atoms with Crippen LogP contribution in [0.3, 0.4) is 0 Å². The number of halogens is 1. The van der Waals surface area contributed by atoms with Crippen LogP contribution in [0.2, 0.25) is 5.02 Å². The van der Waals surface area contributed by atoms with Crippen molar-refractivity contribution in [3.8, 4) is 0 Å². The van der Waals surface area contributed by atoms with Gasteiger partial charge in [-0.15, -0.1) is 0 Å². The molecule has 9 heteroatoms. The molecule has 8 nitrogen and oxygen atoms in total. The first-order chi connectivity index (χ1) is 14.2. The summed E-state index contributed by atoms with van der Waals surface area (Å²) < 4.78 is 1.99. The number of nitro groups is 1. The molecule has 2 heterocycles. The number of aryl methyl sites for hydroxylation is 1. The molecule has 0 unspecified atom stereocenters. The lowest BCUT2D eigenvalue weighted by atomic mass is 10.1. The van der Waals surface area contributed by atoms with E-state index < -0.39 is 4.92 Å². The highest BCUT2D eigenvalue weighted by Gasteiger charge is 2.27. The number of hydrogen-bond acceptors (Lipinski definition) is 5. The maximum absolute atomic E-state index is 12.9. The van der Waals surface area contributed by atoms with Gasteiger partial charge in [-0.25, -0.2) is 0 Å². The zero-order valence-electron chi connectivity index (χ0n) is 17.9. The van der Waals surface area contributed by atoms with Crippen molar-refractivity contribution in [3.63, 3.8) is 0 Å². The predicted octanol–water partition coefficient (Wildman–Crippen LogP) is 3.61. The summed E-state index contributed by atoms with van der Waals surface area (Å²) in [5.74, 6) is 0.548. The van der Waals surface area contributed by atoms with Crippen LogP contribution in [-0.2, 0) is 17.8 Å². The van der Waals surface area contributed by atoms with Crippen LogP contribution >= 0.6 is 11.6 Å². The summed E-state index contributed by atoms with van der Waals surface area (Å²) in [5, 5.41) is 16.3. The van der Waals surface area contributed by atoms with Gasteiger partial charge in [0.25, 0.3) is 5.69 Å². The highest BCUT2D eigenvalue weighted by Crippen LogP contribution is 2.31. The van der Waals surface area contributed by atoms with E-state index in [2.05, 4.69) is 18.9 Å². The molecular formula is C21H28ClN5O3. The van der Waals surface area contributed by atoms with Gasteiger partial charge < -0.3 is 9.80 Å². The fraction of sp³-hybridized carbons (Fsp3) is 0.524. The van der Waals surface area contributed by atoms with Gasteiger partial charge in [-0.2, -0.15) is 5.10 Å². The Morgan fingerprint density at radius 3 is 2.50 bits per heavy atom. The molecule has 0 radical (unpaired) electrons. The molecule has 0 bridgehead atoms. The second kappa shape index (κ2) is 9.04. The molecule has 1 aromatic carbocycles. The van der Waals surface area contributed by atoms with Crippen LogP contribution < -0.4 is 4.90 Å². The van der Waals surface area contributed by atoms with Gasteiger partial charge in [-0.1, -0.05) is 25.4 Å². The Balaban J connectivity index is 1.66. The summed E-state index contributed by atoms with van der Waals surface area (Å²) in [7, 11) is 0. The van der Waals surface area contributed by atoms with Gasteiger partial charge in [0.2, 0.25) is 5.91 Å². The van der Waals surface area contributed by atoms with Crippen LogP contribution in [0.5, 0.6) is 0 Å². The topological polar surface area (TPSA) is 84.5 Å². The molecule has 1 aliphatic heterocycles. The Labute approximate surface area is 181 Å². The fourth-order valence-electron chi connectivity index (χ4n) is 3.88. The van der Waals surface area contributed by atoms with Gasteiger partial charge in [0.1, 0.15) is 5.69 Å². The molecule has 1 amide bonds. The van der Waals surface area contributed by atoms with Crippen LogP contribution in [0.15, 0.2) is 18.2 Å². The molecular weight excluding hydrogens is 406 g/mol. The summed E-state index contributed by atoms with van der Waals surface area (Å²) in [6.07, 6.45) is 0.330. The molecule has 3 rings (SSSR count). The molecule has 0 spiro atoms. The van der Waals surface area contributed by atoms with Crippen molar-refractivity contribution in [2.45, 2.75) is 40.7 Å². The fourth-order valence-corrected chi connectivity index (χ4v) is 4.05. The monoisotopic (exact) mass is 433 g/mol. The second-order valence-corrected chi connectivity index (χ2v) is 8.60. The van der Waals surface area contributed by atoms with Gasteiger partial charge >= 0.3 is 0 Å². The van der Waals surface area contributed by atoms with Crippen molar-refractivity contribution in [2.75, 3.05) is 31.1 Å². The van der Waals surface area contributed by atoms with E-state index in [9.17, 15) is 14.9 Å². The first kappa shape index (κ1) is 22.1. The number of carbonyl (C=O) groups is 1. The summed E-state index contributed by atoms with van der Waals surface area (Å²) >= 11 is 5.91. The van der Waals surface area contributed by atoms with E-state index in [4.69, 9.17) is 11.6 Å². The van der Waals surface area contributed by atoms with E-state index in [1.807, 2.05) is 28.3 Å². The van der Waals surface area contributed by atoms with Crippen LogP contribution in [0.4, 0.5) is 11.4 Å². The molecule has 1 saturated heterocycles. The predicted molar refractivity (Wildman–Crippen MR) is 117 cm³/mol. The summed E-state index contributed by atoms with van der Waals surface area (Å²) in [4.78, 5) is 27.6. The average molecular weight is 434 g/mol. The Bertz CT molecular complexity index is 948. The third-order valence-electron chi connectivity index (χ3n) is 5.50. The molecule has 0 atom stereocenters. The van der Waals surface area contributed by atoms with E-state index in [0.29, 0.717) is 49.2 Å². The highest BCUT2D eigenvalue weighted by molar-refractivity contribution is 6.30. The number of anilines is 1. The van der Waals surface area contributed by atoms with Crippen molar-refractivity contribution in [2.24, 2.45) is 5.92 Å². The lowest BCUT2D eigenvalue weighted by molar-refractivity contribution is -0.384. The van der Waals surface area contributed by atoms with E-state index >= 15 is 0 Å². The van der Waals surface area contributed by atoms with E-state index in [1.54, 1.807) is 12.1 Å². The number of piperazine rings is 1. The quantitative estimate of drug-likeness (QED) is 0.513. The summed E-state index contributed by atoms with van der Waals surface area (Å²) in [5.41, 5.74) is 3.47. The lowest BCUT2D eigenvalue weighted by Gasteiger charge is -2.36. The molecule has 0 aliphatic carbocycles. The normalized spacial score (nSPS) is 14.5. The number of nitrogens with zero attached hydrogens (tertiary/aromatic N) is 5. The van der Waals surface area contributed by atoms with Gasteiger partial charge in [0, 0.05) is 55.1 Å². The summed E-state index contributed by atoms with van der Waals surface area (Å²) in [6, 6.07) is 4.70. The molecule has 2 aromatic rings. The van der Waals surface area contributed by atoms with Crippen molar-refractivity contribution < 1.29 is 9.72 Å². The van der Waals surface area contributed by atoms with Gasteiger partial charge in [-0.3, -0.25) is 19.6 Å². The third kappa shape index (κ3) is 4.75. The minimum absolute atomic E-state index is 0.00825. The minimum atomic E-state index is -0.418. The van der Waals surface area contributed by atoms with E-state index in [1.165, 1.54) is 6.07 Å². The molecule has 30 heavy (non-hydrogen) atoms. The Hall–Kier alpha value is -2.61. The standard InChI is InChI=1S/C21H28ClN5O3/c1-14(2)13-26-16(4)18(15(3)23-26)12-21(28)25-9-7-24(8-10-25)19-6-5-17(22)11-20(19)27(29)30/h5-6,11,14H,7-10,12-13H2,1-4H3. The van der Waals surface area contributed by atoms with Crippen molar-refractivity contribution in [1.29, 1.82) is 0 Å². The molecule has 0 saturated carbocycles. The van der Waals surface area contributed by atoms with Gasteiger partial charge in [0.05, 0.1) is 17.0 Å². The van der Waals surface area contributed by atoms with E-state index in [0.717, 1.165) is 23.5 Å². The average Bonchev–Trinajstić information content (AvgIpc) is 2.94. The number of amides is 1. The maximum Gasteiger partial charge on any atom is 0.294 e. The Morgan fingerprint density at radius 2 is 1.90 bits per heavy atom. The number of carbonyl (C=O) groups excluding carboxylic acids is 1.